The van der Waals surface area contributed by atoms with E-state index in [9.17, 15) is 15.0 Å². The van der Waals surface area contributed by atoms with Crippen molar-refractivity contribution in [3.05, 3.63) is 42.2 Å². The number of aromatic carboxylic acids is 1. The van der Waals surface area contributed by atoms with Crippen LogP contribution in [0.25, 0.3) is 22.5 Å². The molecule has 0 radical (unpaired) electrons. The second-order valence-corrected chi connectivity index (χ2v) is 3.77. The summed E-state index contributed by atoms with van der Waals surface area (Å²) in [5.74, 6) is -0.610. The molecule has 0 aliphatic carbocycles. The summed E-state index contributed by atoms with van der Waals surface area (Å²) in [5, 5.41) is 19.0. The van der Waals surface area contributed by atoms with Crippen LogP contribution >= 0.6 is 0 Å². The summed E-state index contributed by atoms with van der Waals surface area (Å²) in [6, 6.07) is 7.55. The minimum absolute atomic E-state index is 0.0131. The van der Waals surface area contributed by atoms with Crippen molar-refractivity contribution in [3.8, 4) is 17.3 Å². The van der Waals surface area contributed by atoms with Crippen molar-refractivity contribution < 1.29 is 23.8 Å². The standard InChI is InChI=1S/C13H8O5/c14-7-3-4-8-10(6-7)18-12(11(8)13(15)16)9-2-1-5-17-9/h1-6,14H,(H,15,16). The van der Waals surface area contributed by atoms with Gasteiger partial charge in [0.1, 0.15) is 16.9 Å². The molecule has 0 aliphatic heterocycles. The molecule has 3 aromatic rings. The molecule has 2 aromatic heterocycles. The third-order valence-corrected chi connectivity index (χ3v) is 2.63. The summed E-state index contributed by atoms with van der Waals surface area (Å²) in [4.78, 5) is 11.3. The monoisotopic (exact) mass is 244 g/mol. The van der Waals surface area contributed by atoms with Crippen LogP contribution in [0.4, 0.5) is 0 Å². The van der Waals surface area contributed by atoms with E-state index < -0.39 is 5.97 Å². The number of hydrogen-bond donors (Lipinski definition) is 2. The summed E-state index contributed by atoms with van der Waals surface area (Å²) in [6.45, 7) is 0. The van der Waals surface area contributed by atoms with Crippen molar-refractivity contribution >= 4 is 16.9 Å². The van der Waals surface area contributed by atoms with Gasteiger partial charge in [-0.15, -0.1) is 0 Å². The van der Waals surface area contributed by atoms with Crippen LogP contribution in [0.1, 0.15) is 10.4 Å². The van der Waals surface area contributed by atoms with Crippen molar-refractivity contribution in [1.82, 2.24) is 0 Å². The maximum absolute atomic E-state index is 11.3. The minimum atomic E-state index is -1.11. The molecule has 0 atom stereocenters. The van der Waals surface area contributed by atoms with Crippen LogP contribution in [-0.2, 0) is 0 Å². The number of furan rings is 2. The lowest BCUT2D eigenvalue weighted by atomic mass is 10.1. The van der Waals surface area contributed by atoms with E-state index in [2.05, 4.69) is 0 Å². The van der Waals surface area contributed by atoms with Crippen molar-refractivity contribution in [2.24, 2.45) is 0 Å². The van der Waals surface area contributed by atoms with Gasteiger partial charge in [0.2, 0.25) is 0 Å². The van der Waals surface area contributed by atoms with Gasteiger partial charge in [-0.3, -0.25) is 0 Å². The minimum Gasteiger partial charge on any atom is -0.508 e. The number of carboxylic acids is 1. The maximum Gasteiger partial charge on any atom is 0.340 e. The highest BCUT2D eigenvalue weighted by Crippen LogP contribution is 2.35. The molecule has 5 nitrogen and oxygen atoms in total. The fourth-order valence-electron chi connectivity index (χ4n) is 1.88. The van der Waals surface area contributed by atoms with Gasteiger partial charge in [0, 0.05) is 11.5 Å². The molecule has 2 heterocycles. The Hall–Kier alpha value is -2.69. The zero-order chi connectivity index (χ0) is 12.7. The molecule has 0 amide bonds. The van der Waals surface area contributed by atoms with Crippen molar-refractivity contribution in [2.75, 3.05) is 0 Å². The SMILES string of the molecule is O=C(O)c1c(-c2ccco2)oc2cc(O)ccc12. The van der Waals surface area contributed by atoms with Gasteiger partial charge in [-0.1, -0.05) is 0 Å². The highest BCUT2D eigenvalue weighted by atomic mass is 16.4. The highest BCUT2D eigenvalue weighted by Gasteiger charge is 2.23. The van der Waals surface area contributed by atoms with Gasteiger partial charge >= 0.3 is 5.97 Å². The summed E-state index contributed by atoms with van der Waals surface area (Å²) in [6.07, 6.45) is 1.44. The molecular formula is C13H8O5. The Morgan fingerprint density at radius 1 is 1.22 bits per heavy atom. The summed E-state index contributed by atoms with van der Waals surface area (Å²) >= 11 is 0. The van der Waals surface area contributed by atoms with Crippen molar-refractivity contribution in [1.29, 1.82) is 0 Å². The molecule has 0 saturated carbocycles. The molecule has 0 spiro atoms. The van der Waals surface area contributed by atoms with Gasteiger partial charge in [-0.25, -0.2) is 4.79 Å². The van der Waals surface area contributed by atoms with Crippen LogP contribution in [0, 0.1) is 0 Å². The van der Waals surface area contributed by atoms with Crippen LogP contribution in [0.3, 0.4) is 0 Å². The van der Waals surface area contributed by atoms with Crippen molar-refractivity contribution in [2.45, 2.75) is 0 Å². The largest absolute Gasteiger partial charge is 0.508 e. The fraction of sp³-hybridized carbons (Fsp3) is 0. The molecule has 0 bridgehead atoms. The second kappa shape index (κ2) is 3.66. The lowest BCUT2D eigenvalue weighted by Crippen LogP contribution is -1.96. The Bertz CT molecular complexity index is 721. The molecular weight excluding hydrogens is 236 g/mol. The first-order valence-corrected chi connectivity index (χ1v) is 5.19. The van der Waals surface area contributed by atoms with Gasteiger partial charge in [0.05, 0.1) is 6.26 Å². The molecule has 2 N–H and O–H groups in total. The highest BCUT2D eigenvalue weighted by molar-refractivity contribution is 6.07. The Balaban J connectivity index is 2.37. The smallest absolute Gasteiger partial charge is 0.340 e. The van der Waals surface area contributed by atoms with Gasteiger partial charge < -0.3 is 19.0 Å². The quantitative estimate of drug-likeness (QED) is 0.723. The van der Waals surface area contributed by atoms with Gasteiger partial charge in [0.25, 0.3) is 0 Å². The number of rotatable bonds is 2. The van der Waals surface area contributed by atoms with E-state index in [0.29, 0.717) is 16.7 Å². The van der Waals surface area contributed by atoms with E-state index in [4.69, 9.17) is 8.83 Å². The number of aromatic hydroxyl groups is 1. The van der Waals surface area contributed by atoms with Crippen LogP contribution in [0.15, 0.2) is 45.4 Å². The number of phenols is 1. The zero-order valence-electron chi connectivity index (χ0n) is 9.08. The zero-order valence-corrected chi connectivity index (χ0v) is 9.08. The van der Waals surface area contributed by atoms with E-state index in [1.807, 2.05) is 0 Å². The first kappa shape index (κ1) is 10.5. The Labute approximate surface area is 101 Å². The molecule has 1 aromatic carbocycles. The number of benzene rings is 1. The van der Waals surface area contributed by atoms with E-state index in [-0.39, 0.29) is 17.1 Å². The van der Waals surface area contributed by atoms with Crippen LogP contribution < -0.4 is 0 Å². The fourth-order valence-corrected chi connectivity index (χ4v) is 1.88. The molecule has 0 saturated heterocycles. The maximum atomic E-state index is 11.3. The number of fused-ring (bicyclic) bond motifs is 1. The second-order valence-electron chi connectivity index (χ2n) is 3.77. The first-order valence-electron chi connectivity index (χ1n) is 5.19. The normalized spacial score (nSPS) is 10.9. The third-order valence-electron chi connectivity index (χ3n) is 2.63. The number of hydrogen-bond acceptors (Lipinski definition) is 4. The Kier molecular flexibility index (Phi) is 2.13. The molecule has 0 unspecified atom stereocenters. The van der Waals surface area contributed by atoms with Crippen LogP contribution in [0.5, 0.6) is 5.75 Å². The van der Waals surface area contributed by atoms with E-state index in [1.54, 1.807) is 12.1 Å². The molecule has 0 aliphatic rings. The van der Waals surface area contributed by atoms with E-state index in [1.165, 1.54) is 24.5 Å². The summed E-state index contributed by atoms with van der Waals surface area (Å²) < 4.78 is 10.6. The number of carboxylic acid groups (broad SMARTS) is 1. The Morgan fingerprint density at radius 2 is 2.06 bits per heavy atom. The summed E-state index contributed by atoms with van der Waals surface area (Å²) in [5.41, 5.74) is 0.332. The average Bonchev–Trinajstić information content (AvgIpc) is 2.93. The van der Waals surface area contributed by atoms with Gasteiger partial charge in [-0.2, -0.15) is 0 Å². The average molecular weight is 244 g/mol. The van der Waals surface area contributed by atoms with E-state index in [0.717, 1.165) is 0 Å². The Morgan fingerprint density at radius 3 is 2.72 bits per heavy atom. The van der Waals surface area contributed by atoms with Crippen LogP contribution in [-0.4, -0.2) is 16.2 Å². The van der Waals surface area contributed by atoms with Crippen LogP contribution in [0.2, 0.25) is 0 Å². The topological polar surface area (TPSA) is 83.8 Å². The molecule has 3 rings (SSSR count). The first-order chi connectivity index (χ1) is 8.66. The van der Waals surface area contributed by atoms with Gasteiger partial charge in [-0.05, 0) is 24.3 Å². The molecule has 90 valence electrons. The lowest BCUT2D eigenvalue weighted by molar-refractivity contribution is 0.0699. The third kappa shape index (κ3) is 1.45. The van der Waals surface area contributed by atoms with E-state index >= 15 is 0 Å². The van der Waals surface area contributed by atoms with Gasteiger partial charge in [0.15, 0.2) is 11.5 Å². The summed E-state index contributed by atoms with van der Waals surface area (Å²) in [7, 11) is 0. The number of carbonyl (C=O) groups is 1. The van der Waals surface area contributed by atoms with Crippen molar-refractivity contribution in [3.63, 3.8) is 0 Å². The number of phenolic OH excluding ortho intramolecular Hbond substituents is 1. The molecule has 0 fully saturated rings. The lowest BCUT2D eigenvalue weighted by Gasteiger charge is -1.93. The molecule has 18 heavy (non-hydrogen) atoms. The predicted molar refractivity (Wildman–Crippen MR) is 62.5 cm³/mol. The molecule has 5 heteroatoms. The predicted octanol–water partition coefficient (Wildman–Crippen LogP) is 3.10.